The number of fused-ring (bicyclic) bond motifs is 2. The number of hydrogen-bond donors (Lipinski definition) is 0. The van der Waals surface area contributed by atoms with Gasteiger partial charge in [-0.1, -0.05) is 0 Å². The maximum Gasteiger partial charge on any atom is 0.0725 e. The Hall–Kier alpha value is -2.62. The van der Waals surface area contributed by atoms with E-state index >= 15 is 0 Å². The van der Waals surface area contributed by atoms with Crippen molar-refractivity contribution in [2.45, 2.75) is 0 Å². The van der Waals surface area contributed by atoms with Crippen LogP contribution in [0.15, 0.2) is 61.2 Å². The van der Waals surface area contributed by atoms with Crippen LogP contribution in [-0.2, 0) is 0 Å². The standard InChI is InChI=1S/C14H10N4/c1-2-14-13(4-7-16-18(14)8-1)11-5-9-17-12(10-11)3-6-15-17/h1-10H. The van der Waals surface area contributed by atoms with Crippen LogP contribution in [0.2, 0.25) is 0 Å². The molecule has 0 unspecified atom stereocenters. The summed E-state index contributed by atoms with van der Waals surface area (Å²) in [4.78, 5) is 0. The Morgan fingerprint density at radius 3 is 2.72 bits per heavy atom. The predicted molar refractivity (Wildman–Crippen MR) is 69.4 cm³/mol. The fourth-order valence-electron chi connectivity index (χ4n) is 2.28. The van der Waals surface area contributed by atoms with Crippen molar-refractivity contribution >= 4 is 11.0 Å². The van der Waals surface area contributed by atoms with Crippen molar-refractivity contribution < 1.29 is 0 Å². The maximum atomic E-state index is 4.28. The van der Waals surface area contributed by atoms with Crippen LogP contribution < -0.4 is 0 Å². The fourth-order valence-corrected chi connectivity index (χ4v) is 2.28. The molecule has 0 aliphatic rings. The SMILES string of the molecule is c1cc2c(-c3ccn4nccc4c3)ccnn2c1. The molecule has 4 heteroatoms. The zero-order chi connectivity index (χ0) is 11.9. The van der Waals surface area contributed by atoms with E-state index in [1.54, 1.807) is 6.20 Å². The zero-order valence-electron chi connectivity index (χ0n) is 9.56. The van der Waals surface area contributed by atoms with Gasteiger partial charge < -0.3 is 0 Å². The second-order valence-corrected chi connectivity index (χ2v) is 4.20. The van der Waals surface area contributed by atoms with Crippen molar-refractivity contribution in [3.8, 4) is 11.1 Å². The molecule has 18 heavy (non-hydrogen) atoms. The third kappa shape index (κ3) is 1.26. The van der Waals surface area contributed by atoms with Crippen molar-refractivity contribution in [3.63, 3.8) is 0 Å². The first kappa shape index (κ1) is 9.41. The molecule has 0 aromatic carbocycles. The highest BCUT2D eigenvalue weighted by Crippen LogP contribution is 2.25. The molecular formula is C14H10N4. The Morgan fingerprint density at radius 2 is 1.72 bits per heavy atom. The van der Waals surface area contributed by atoms with Crippen LogP contribution in [0, 0.1) is 0 Å². The molecule has 4 rings (SSSR count). The summed E-state index contributed by atoms with van der Waals surface area (Å²) in [5.41, 5.74) is 4.56. The van der Waals surface area contributed by atoms with Gasteiger partial charge in [-0.3, -0.25) is 0 Å². The van der Waals surface area contributed by atoms with E-state index in [2.05, 4.69) is 28.4 Å². The van der Waals surface area contributed by atoms with Gasteiger partial charge in [-0.15, -0.1) is 0 Å². The lowest BCUT2D eigenvalue weighted by atomic mass is 10.1. The van der Waals surface area contributed by atoms with Gasteiger partial charge in [0.2, 0.25) is 0 Å². The second-order valence-electron chi connectivity index (χ2n) is 4.20. The summed E-state index contributed by atoms with van der Waals surface area (Å²) >= 11 is 0. The topological polar surface area (TPSA) is 34.6 Å². The number of pyridine rings is 1. The maximum absolute atomic E-state index is 4.28. The van der Waals surface area contributed by atoms with Crippen molar-refractivity contribution in [1.82, 2.24) is 19.2 Å². The van der Waals surface area contributed by atoms with E-state index in [-0.39, 0.29) is 0 Å². The highest BCUT2D eigenvalue weighted by molar-refractivity contribution is 5.81. The van der Waals surface area contributed by atoms with E-state index in [1.807, 2.05) is 45.8 Å². The van der Waals surface area contributed by atoms with Crippen LogP contribution in [0.4, 0.5) is 0 Å². The number of nitrogens with zero attached hydrogens (tertiary/aromatic N) is 4. The summed E-state index contributed by atoms with van der Waals surface area (Å²) < 4.78 is 3.75. The Bertz CT molecular complexity index is 841. The highest BCUT2D eigenvalue weighted by atomic mass is 15.2. The zero-order valence-corrected chi connectivity index (χ0v) is 9.56. The van der Waals surface area contributed by atoms with Gasteiger partial charge in [0, 0.05) is 30.4 Å². The first-order chi connectivity index (χ1) is 8.92. The minimum Gasteiger partial charge on any atom is -0.241 e. The van der Waals surface area contributed by atoms with E-state index in [0.29, 0.717) is 0 Å². The summed E-state index contributed by atoms with van der Waals surface area (Å²) in [6, 6.07) is 12.3. The second kappa shape index (κ2) is 3.43. The lowest BCUT2D eigenvalue weighted by molar-refractivity contribution is 0.941. The average molecular weight is 234 g/mol. The Labute approximate surface area is 103 Å². The first-order valence-electron chi connectivity index (χ1n) is 5.78. The summed E-state index contributed by atoms with van der Waals surface area (Å²) in [6.45, 7) is 0. The molecule has 0 amide bonds. The van der Waals surface area contributed by atoms with E-state index in [9.17, 15) is 0 Å². The fraction of sp³-hybridized carbons (Fsp3) is 0. The summed E-state index contributed by atoms with van der Waals surface area (Å²) in [5.74, 6) is 0. The average Bonchev–Trinajstić information content (AvgIpc) is 3.05. The minimum absolute atomic E-state index is 1.09. The number of rotatable bonds is 1. The molecule has 0 radical (unpaired) electrons. The van der Waals surface area contributed by atoms with Gasteiger partial charge in [0.15, 0.2) is 0 Å². The van der Waals surface area contributed by atoms with Gasteiger partial charge in [-0.05, 0) is 42.0 Å². The summed E-state index contributed by atoms with van der Waals surface area (Å²) in [7, 11) is 0. The van der Waals surface area contributed by atoms with Crippen LogP contribution >= 0.6 is 0 Å². The number of aromatic nitrogens is 4. The van der Waals surface area contributed by atoms with E-state index in [4.69, 9.17) is 0 Å². The molecule has 0 aliphatic carbocycles. The molecule has 4 aromatic rings. The van der Waals surface area contributed by atoms with E-state index < -0.39 is 0 Å². The monoisotopic (exact) mass is 234 g/mol. The molecule has 0 fully saturated rings. The molecular weight excluding hydrogens is 224 g/mol. The van der Waals surface area contributed by atoms with E-state index in [0.717, 1.165) is 11.0 Å². The van der Waals surface area contributed by atoms with Crippen LogP contribution in [0.3, 0.4) is 0 Å². The van der Waals surface area contributed by atoms with Gasteiger partial charge in [-0.25, -0.2) is 9.03 Å². The molecule has 0 N–H and O–H groups in total. The van der Waals surface area contributed by atoms with Gasteiger partial charge in [0.25, 0.3) is 0 Å². The Morgan fingerprint density at radius 1 is 0.833 bits per heavy atom. The van der Waals surface area contributed by atoms with Crippen LogP contribution in [0.1, 0.15) is 0 Å². The Balaban J connectivity index is 2.03. The van der Waals surface area contributed by atoms with Gasteiger partial charge in [0.05, 0.1) is 11.0 Å². The third-order valence-electron chi connectivity index (χ3n) is 3.15. The summed E-state index contributed by atoms with van der Waals surface area (Å²) in [5, 5.41) is 8.48. The van der Waals surface area contributed by atoms with Crippen LogP contribution in [0.5, 0.6) is 0 Å². The molecule has 0 spiro atoms. The van der Waals surface area contributed by atoms with Gasteiger partial charge >= 0.3 is 0 Å². The number of hydrogen-bond acceptors (Lipinski definition) is 2. The predicted octanol–water partition coefficient (Wildman–Crippen LogP) is 2.65. The van der Waals surface area contributed by atoms with Crippen molar-refractivity contribution in [3.05, 3.63) is 61.2 Å². The molecule has 0 aliphatic heterocycles. The van der Waals surface area contributed by atoms with Gasteiger partial charge in [-0.2, -0.15) is 10.2 Å². The minimum atomic E-state index is 1.09. The normalized spacial score (nSPS) is 11.3. The first-order valence-corrected chi connectivity index (χ1v) is 5.78. The van der Waals surface area contributed by atoms with Crippen LogP contribution in [0.25, 0.3) is 22.2 Å². The molecule has 86 valence electrons. The third-order valence-corrected chi connectivity index (χ3v) is 3.15. The highest BCUT2D eigenvalue weighted by Gasteiger charge is 2.05. The molecule has 4 heterocycles. The van der Waals surface area contributed by atoms with Crippen molar-refractivity contribution in [2.24, 2.45) is 0 Å². The van der Waals surface area contributed by atoms with Crippen molar-refractivity contribution in [2.75, 3.05) is 0 Å². The van der Waals surface area contributed by atoms with Crippen molar-refractivity contribution in [1.29, 1.82) is 0 Å². The van der Waals surface area contributed by atoms with Gasteiger partial charge in [0.1, 0.15) is 0 Å². The molecule has 0 saturated carbocycles. The van der Waals surface area contributed by atoms with Crippen LogP contribution in [-0.4, -0.2) is 19.2 Å². The van der Waals surface area contributed by atoms with E-state index in [1.165, 1.54) is 11.1 Å². The summed E-state index contributed by atoms with van der Waals surface area (Å²) in [6.07, 6.45) is 7.56. The molecule has 0 atom stereocenters. The lowest BCUT2D eigenvalue weighted by Gasteiger charge is -2.04. The molecule has 4 aromatic heterocycles. The molecule has 0 bridgehead atoms. The molecule has 0 saturated heterocycles. The Kier molecular flexibility index (Phi) is 1.80. The largest absolute Gasteiger partial charge is 0.241 e. The molecule has 4 nitrogen and oxygen atoms in total. The lowest BCUT2D eigenvalue weighted by Crippen LogP contribution is -1.92. The smallest absolute Gasteiger partial charge is 0.0725 e. The quantitative estimate of drug-likeness (QED) is 0.507.